The minimum Gasteiger partial charge on any atom is -0.378 e. The quantitative estimate of drug-likeness (QED) is 0.766. The Morgan fingerprint density at radius 1 is 1.22 bits per heavy atom. The van der Waals surface area contributed by atoms with Crippen LogP contribution in [0.2, 0.25) is 0 Å². The summed E-state index contributed by atoms with van der Waals surface area (Å²) < 4.78 is 5.50. The second-order valence-electron chi connectivity index (χ2n) is 5.35. The van der Waals surface area contributed by atoms with E-state index in [1.165, 1.54) is 0 Å². The van der Waals surface area contributed by atoms with E-state index in [1.807, 2.05) is 4.90 Å². The molecular formula is C13H25N3O2. The summed E-state index contributed by atoms with van der Waals surface area (Å²) >= 11 is 0. The van der Waals surface area contributed by atoms with Gasteiger partial charge in [0.05, 0.1) is 13.2 Å². The maximum absolute atomic E-state index is 12.1. The lowest BCUT2D eigenvalue weighted by molar-refractivity contribution is -0.133. The molecule has 5 heteroatoms. The number of hydrogen-bond donors (Lipinski definition) is 1. The van der Waals surface area contributed by atoms with Crippen LogP contribution in [0.5, 0.6) is 0 Å². The summed E-state index contributed by atoms with van der Waals surface area (Å²) in [7, 11) is 0. The second kappa shape index (κ2) is 6.50. The molecule has 1 N–H and O–H groups in total. The van der Waals surface area contributed by atoms with E-state index in [1.54, 1.807) is 0 Å². The molecule has 2 unspecified atom stereocenters. The van der Waals surface area contributed by atoms with Crippen LogP contribution >= 0.6 is 0 Å². The van der Waals surface area contributed by atoms with Gasteiger partial charge in [0, 0.05) is 51.2 Å². The van der Waals surface area contributed by atoms with E-state index in [-0.39, 0.29) is 0 Å². The van der Waals surface area contributed by atoms with E-state index in [2.05, 4.69) is 24.1 Å². The molecule has 5 nitrogen and oxygen atoms in total. The topological polar surface area (TPSA) is 44.8 Å². The number of nitrogens with zero attached hydrogens (tertiary/aromatic N) is 2. The molecule has 2 heterocycles. The molecule has 1 amide bonds. The van der Waals surface area contributed by atoms with Crippen LogP contribution in [-0.4, -0.2) is 73.7 Å². The number of amides is 1. The molecule has 18 heavy (non-hydrogen) atoms. The molecule has 2 fully saturated rings. The van der Waals surface area contributed by atoms with Crippen LogP contribution in [0.25, 0.3) is 0 Å². The molecule has 2 rings (SSSR count). The summed E-state index contributed by atoms with van der Waals surface area (Å²) in [5.41, 5.74) is 0. The van der Waals surface area contributed by atoms with Crippen molar-refractivity contribution in [1.29, 1.82) is 0 Å². The van der Waals surface area contributed by atoms with Gasteiger partial charge < -0.3 is 15.0 Å². The maximum Gasteiger partial charge on any atom is 0.223 e. The zero-order chi connectivity index (χ0) is 13.0. The normalized spacial score (nSPS) is 30.4. The Hall–Kier alpha value is -0.650. The van der Waals surface area contributed by atoms with Crippen LogP contribution in [0.3, 0.4) is 0 Å². The van der Waals surface area contributed by atoms with Gasteiger partial charge in [0.2, 0.25) is 5.91 Å². The Labute approximate surface area is 109 Å². The molecule has 0 aromatic rings. The molecule has 0 spiro atoms. The number of ether oxygens (including phenoxy) is 1. The standard InChI is InChI=1S/C13H25N3O2/c1-11-9-18-10-12(2)16(11)6-3-13(17)15-7-4-14-5-8-15/h11-12,14H,3-10H2,1-2H3. The largest absolute Gasteiger partial charge is 0.378 e. The van der Waals surface area contributed by atoms with Gasteiger partial charge in [-0.1, -0.05) is 0 Å². The SMILES string of the molecule is CC1COCC(C)N1CCC(=O)N1CCNCC1. The second-order valence-corrected chi connectivity index (χ2v) is 5.35. The zero-order valence-corrected chi connectivity index (χ0v) is 11.5. The number of piperazine rings is 1. The molecule has 0 bridgehead atoms. The fourth-order valence-corrected chi connectivity index (χ4v) is 2.77. The van der Waals surface area contributed by atoms with E-state index in [9.17, 15) is 4.79 Å². The van der Waals surface area contributed by atoms with Gasteiger partial charge in [-0.25, -0.2) is 0 Å². The van der Waals surface area contributed by atoms with Crippen LogP contribution in [0.15, 0.2) is 0 Å². The molecule has 0 radical (unpaired) electrons. The number of carbonyl (C=O) groups is 1. The molecule has 2 aliphatic heterocycles. The van der Waals surface area contributed by atoms with E-state index in [0.29, 0.717) is 24.4 Å². The number of rotatable bonds is 3. The average molecular weight is 255 g/mol. The van der Waals surface area contributed by atoms with Gasteiger partial charge in [-0.3, -0.25) is 9.69 Å². The highest BCUT2D eigenvalue weighted by Crippen LogP contribution is 2.13. The van der Waals surface area contributed by atoms with E-state index in [0.717, 1.165) is 45.9 Å². The molecule has 104 valence electrons. The van der Waals surface area contributed by atoms with Crippen molar-refractivity contribution in [3.05, 3.63) is 0 Å². The third kappa shape index (κ3) is 3.43. The Balaban J connectivity index is 1.77. The molecule has 0 aromatic heterocycles. The fourth-order valence-electron chi connectivity index (χ4n) is 2.77. The number of nitrogens with one attached hydrogen (secondary N) is 1. The summed E-state index contributed by atoms with van der Waals surface area (Å²) in [6.45, 7) is 10.3. The monoisotopic (exact) mass is 255 g/mol. The third-order valence-corrected chi connectivity index (χ3v) is 3.90. The molecule has 0 saturated carbocycles. The first-order valence-corrected chi connectivity index (χ1v) is 7.00. The van der Waals surface area contributed by atoms with Crippen molar-refractivity contribution in [2.24, 2.45) is 0 Å². The first kappa shape index (κ1) is 13.8. The number of hydrogen-bond acceptors (Lipinski definition) is 4. The lowest BCUT2D eigenvalue weighted by Crippen LogP contribution is -2.51. The van der Waals surface area contributed by atoms with Crippen LogP contribution < -0.4 is 5.32 Å². The van der Waals surface area contributed by atoms with Gasteiger partial charge in [0.1, 0.15) is 0 Å². The predicted molar refractivity (Wildman–Crippen MR) is 70.5 cm³/mol. The lowest BCUT2D eigenvalue weighted by atomic mass is 10.1. The molecule has 0 aromatic carbocycles. The fraction of sp³-hybridized carbons (Fsp3) is 0.923. The first-order chi connectivity index (χ1) is 8.68. The van der Waals surface area contributed by atoms with Crippen molar-refractivity contribution < 1.29 is 9.53 Å². The zero-order valence-electron chi connectivity index (χ0n) is 11.5. The van der Waals surface area contributed by atoms with Gasteiger partial charge in [-0.05, 0) is 13.8 Å². The Kier molecular flexibility index (Phi) is 4.97. The van der Waals surface area contributed by atoms with Crippen molar-refractivity contribution in [3.8, 4) is 0 Å². The van der Waals surface area contributed by atoms with Crippen LogP contribution in [0.4, 0.5) is 0 Å². The summed E-state index contributed by atoms with van der Waals surface area (Å²) in [6, 6.07) is 0.842. The summed E-state index contributed by atoms with van der Waals surface area (Å²) in [5, 5.41) is 3.27. The van der Waals surface area contributed by atoms with Gasteiger partial charge in [0.15, 0.2) is 0 Å². The highest BCUT2D eigenvalue weighted by molar-refractivity contribution is 5.76. The average Bonchev–Trinajstić information content (AvgIpc) is 2.39. The Morgan fingerprint density at radius 3 is 2.44 bits per heavy atom. The van der Waals surface area contributed by atoms with Crippen molar-refractivity contribution in [1.82, 2.24) is 15.1 Å². The molecule has 0 aliphatic carbocycles. The summed E-state index contributed by atoms with van der Waals surface area (Å²) in [4.78, 5) is 16.5. The van der Waals surface area contributed by atoms with Crippen LogP contribution in [0, 0.1) is 0 Å². The van der Waals surface area contributed by atoms with Crippen LogP contribution in [0.1, 0.15) is 20.3 Å². The maximum atomic E-state index is 12.1. The minimum absolute atomic E-state index is 0.294. The Bertz CT molecular complexity index is 269. The van der Waals surface area contributed by atoms with Gasteiger partial charge in [-0.2, -0.15) is 0 Å². The summed E-state index contributed by atoms with van der Waals surface area (Å²) in [6.07, 6.45) is 0.634. The molecular weight excluding hydrogens is 230 g/mol. The number of morpholine rings is 1. The number of carbonyl (C=O) groups excluding carboxylic acids is 1. The van der Waals surface area contributed by atoms with E-state index in [4.69, 9.17) is 4.74 Å². The highest BCUT2D eigenvalue weighted by Gasteiger charge is 2.26. The highest BCUT2D eigenvalue weighted by atomic mass is 16.5. The molecule has 2 saturated heterocycles. The van der Waals surface area contributed by atoms with E-state index >= 15 is 0 Å². The molecule has 2 aliphatic rings. The smallest absolute Gasteiger partial charge is 0.223 e. The van der Waals surface area contributed by atoms with Crippen LogP contribution in [-0.2, 0) is 9.53 Å². The third-order valence-electron chi connectivity index (χ3n) is 3.90. The van der Waals surface area contributed by atoms with Crippen molar-refractivity contribution in [3.63, 3.8) is 0 Å². The van der Waals surface area contributed by atoms with Gasteiger partial charge in [-0.15, -0.1) is 0 Å². The van der Waals surface area contributed by atoms with Gasteiger partial charge in [0.25, 0.3) is 0 Å². The predicted octanol–water partition coefficient (Wildman–Crippen LogP) is -0.0825. The van der Waals surface area contributed by atoms with Gasteiger partial charge >= 0.3 is 0 Å². The summed E-state index contributed by atoms with van der Waals surface area (Å²) in [5.74, 6) is 0.294. The molecule has 2 atom stereocenters. The van der Waals surface area contributed by atoms with Crippen molar-refractivity contribution in [2.75, 3.05) is 45.9 Å². The van der Waals surface area contributed by atoms with Crippen molar-refractivity contribution >= 4 is 5.91 Å². The minimum atomic E-state index is 0.294. The first-order valence-electron chi connectivity index (χ1n) is 7.00. The Morgan fingerprint density at radius 2 is 1.83 bits per heavy atom. The van der Waals surface area contributed by atoms with Crippen molar-refractivity contribution in [2.45, 2.75) is 32.4 Å². The lowest BCUT2D eigenvalue weighted by Gasteiger charge is -2.39. The van der Waals surface area contributed by atoms with E-state index < -0.39 is 0 Å².